The summed E-state index contributed by atoms with van der Waals surface area (Å²) < 4.78 is 1.45. The molecule has 0 unspecified atom stereocenters. The monoisotopic (exact) mass is 281 g/mol. The van der Waals surface area contributed by atoms with E-state index in [9.17, 15) is 15.2 Å². The van der Waals surface area contributed by atoms with E-state index in [4.69, 9.17) is 0 Å². The summed E-state index contributed by atoms with van der Waals surface area (Å²) in [7, 11) is 0. The first-order valence-corrected chi connectivity index (χ1v) is 6.24. The summed E-state index contributed by atoms with van der Waals surface area (Å²) >= 11 is 0. The third kappa shape index (κ3) is 2.23. The number of hydrogen-bond donors (Lipinski definition) is 1. The Morgan fingerprint density at radius 1 is 1.05 bits per heavy atom. The zero-order chi connectivity index (χ0) is 14.8. The number of hydrogen-bond acceptors (Lipinski definition) is 4. The van der Waals surface area contributed by atoms with Gasteiger partial charge in [0.25, 0.3) is 0 Å². The molecule has 0 aliphatic heterocycles. The molecule has 104 valence electrons. The van der Waals surface area contributed by atoms with Gasteiger partial charge in [0.1, 0.15) is 11.9 Å². The van der Waals surface area contributed by atoms with Crippen molar-refractivity contribution in [2.45, 2.75) is 0 Å². The minimum absolute atomic E-state index is 0.0294. The van der Waals surface area contributed by atoms with Crippen LogP contribution in [0.1, 0.15) is 0 Å². The van der Waals surface area contributed by atoms with Crippen LogP contribution in [-0.4, -0.2) is 19.8 Å². The van der Waals surface area contributed by atoms with Crippen LogP contribution in [0, 0.1) is 10.1 Å². The lowest BCUT2D eigenvalue weighted by atomic mass is 10.1. The highest BCUT2D eigenvalue weighted by Gasteiger charge is 2.24. The fourth-order valence-electron chi connectivity index (χ4n) is 2.16. The molecule has 6 nitrogen and oxygen atoms in total. The minimum atomic E-state index is -0.506. The zero-order valence-electron chi connectivity index (χ0n) is 10.9. The van der Waals surface area contributed by atoms with Crippen molar-refractivity contribution in [2.75, 3.05) is 0 Å². The molecule has 3 aromatic rings. The van der Waals surface area contributed by atoms with Crippen LogP contribution >= 0.6 is 0 Å². The Bertz CT molecular complexity index is 797. The topological polar surface area (TPSA) is 81.2 Å². The highest BCUT2D eigenvalue weighted by Crippen LogP contribution is 2.36. The Labute approximate surface area is 120 Å². The molecule has 0 amide bonds. The number of phenols is 1. The van der Waals surface area contributed by atoms with Crippen LogP contribution in [0.25, 0.3) is 16.9 Å². The van der Waals surface area contributed by atoms with E-state index in [-0.39, 0.29) is 17.1 Å². The molecule has 21 heavy (non-hydrogen) atoms. The predicted molar refractivity (Wildman–Crippen MR) is 77.3 cm³/mol. The zero-order valence-corrected chi connectivity index (χ0v) is 10.9. The maximum atomic E-state index is 11.2. The van der Waals surface area contributed by atoms with Crippen molar-refractivity contribution in [3.63, 3.8) is 0 Å². The minimum Gasteiger partial charge on any atom is -0.507 e. The number of aromatic nitrogens is 2. The molecule has 0 spiro atoms. The van der Waals surface area contributed by atoms with Gasteiger partial charge in [0.2, 0.25) is 0 Å². The van der Waals surface area contributed by atoms with E-state index in [2.05, 4.69) is 5.10 Å². The van der Waals surface area contributed by atoms with Gasteiger partial charge in [0, 0.05) is 5.56 Å². The molecule has 0 saturated heterocycles. The maximum absolute atomic E-state index is 11.2. The first-order valence-electron chi connectivity index (χ1n) is 6.24. The van der Waals surface area contributed by atoms with Gasteiger partial charge in [-0.2, -0.15) is 5.10 Å². The van der Waals surface area contributed by atoms with E-state index in [1.54, 1.807) is 30.3 Å². The van der Waals surface area contributed by atoms with Gasteiger partial charge in [-0.05, 0) is 24.3 Å². The Morgan fingerprint density at radius 3 is 2.38 bits per heavy atom. The van der Waals surface area contributed by atoms with Gasteiger partial charge < -0.3 is 5.11 Å². The predicted octanol–water partition coefficient (Wildman–Crippen LogP) is 3.15. The summed E-state index contributed by atoms with van der Waals surface area (Å²) in [6.45, 7) is 0. The van der Waals surface area contributed by atoms with E-state index in [0.717, 1.165) is 0 Å². The first-order chi connectivity index (χ1) is 10.2. The standard InChI is InChI=1S/C15H11N3O3/c19-14-9-5-4-8-12(14)15-13(18(20)21)10-16-17(15)11-6-2-1-3-7-11/h1-10,19H. The molecule has 6 heteroatoms. The third-order valence-electron chi connectivity index (χ3n) is 3.11. The molecule has 3 rings (SSSR count). The number of nitrogens with zero attached hydrogens (tertiary/aromatic N) is 3. The summed E-state index contributed by atoms with van der Waals surface area (Å²) in [5, 5.41) is 25.3. The van der Waals surface area contributed by atoms with E-state index in [1.807, 2.05) is 18.2 Å². The average molecular weight is 281 g/mol. The van der Waals surface area contributed by atoms with Crippen molar-refractivity contribution < 1.29 is 10.0 Å². The quantitative estimate of drug-likeness (QED) is 0.590. The summed E-state index contributed by atoms with van der Waals surface area (Å²) in [5.74, 6) is -0.0294. The number of phenolic OH excluding ortho intramolecular Hbond substituents is 1. The lowest BCUT2D eigenvalue weighted by molar-refractivity contribution is -0.384. The molecule has 0 saturated carbocycles. The van der Waals surface area contributed by atoms with E-state index < -0.39 is 4.92 Å². The van der Waals surface area contributed by atoms with Crippen molar-refractivity contribution in [3.8, 4) is 22.7 Å². The lowest BCUT2D eigenvalue weighted by Crippen LogP contribution is -2.00. The third-order valence-corrected chi connectivity index (χ3v) is 3.11. The Balaban J connectivity index is 2.29. The maximum Gasteiger partial charge on any atom is 0.315 e. The molecule has 1 N–H and O–H groups in total. The van der Waals surface area contributed by atoms with Crippen LogP contribution in [-0.2, 0) is 0 Å². The van der Waals surface area contributed by atoms with Crippen molar-refractivity contribution >= 4 is 5.69 Å². The van der Waals surface area contributed by atoms with Crippen LogP contribution in [0.5, 0.6) is 5.75 Å². The Morgan fingerprint density at radius 2 is 1.71 bits per heavy atom. The van der Waals surface area contributed by atoms with Gasteiger partial charge in [0.05, 0.1) is 10.6 Å². The summed E-state index contributed by atoms with van der Waals surface area (Å²) in [5.41, 5.74) is 1.15. The second-order valence-electron chi connectivity index (χ2n) is 4.40. The van der Waals surface area contributed by atoms with Crippen LogP contribution < -0.4 is 0 Å². The SMILES string of the molecule is O=[N+]([O-])c1cnn(-c2ccccc2)c1-c1ccccc1O. The molecule has 1 heterocycles. The number of aromatic hydroxyl groups is 1. The fraction of sp³-hybridized carbons (Fsp3) is 0. The summed E-state index contributed by atoms with van der Waals surface area (Å²) in [6, 6.07) is 15.5. The number of nitro groups is 1. The van der Waals surface area contributed by atoms with Crippen LogP contribution in [0.4, 0.5) is 5.69 Å². The van der Waals surface area contributed by atoms with Crippen molar-refractivity contribution in [3.05, 3.63) is 70.9 Å². The molecule has 0 radical (unpaired) electrons. The summed E-state index contributed by atoms with van der Waals surface area (Å²) in [6.07, 6.45) is 1.19. The number of rotatable bonds is 3. The van der Waals surface area contributed by atoms with Gasteiger partial charge in [-0.15, -0.1) is 0 Å². The van der Waals surface area contributed by atoms with Crippen LogP contribution in [0.3, 0.4) is 0 Å². The molecule has 1 aromatic heterocycles. The van der Waals surface area contributed by atoms with Gasteiger partial charge in [0.15, 0.2) is 5.69 Å². The molecule has 2 aromatic carbocycles. The van der Waals surface area contributed by atoms with Crippen molar-refractivity contribution in [2.24, 2.45) is 0 Å². The molecular weight excluding hydrogens is 270 g/mol. The smallest absolute Gasteiger partial charge is 0.315 e. The van der Waals surface area contributed by atoms with Gasteiger partial charge >= 0.3 is 5.69 Å². The summed E-state index contributed by atoms with van der Waals surface area (Å²) in [4.78, 5) is 10.7. The Kier molecular flexibility index (Phi) is 3.12. The molecule has 0 aliphatic carbocycles. The number of benzene rings is 2. The second-order valence-corrected chi connectivity index (χ2v) is 4.40. The van der Waals surface area contributed by atoms with Gasteiger partial charge in [-0.25, -0.2) is 4.68 Å². The highest BCUT2D eigenvalue weighted by atomic mass is 16.6. The molecule has 0 bridgehead atoms. The fourth-order valence-corrected chi connectivity index (χ4v) is 2.16. The molecule has 0 atom stereocenters. The Hall–Kier alpha value is -3.15. The first kappa shape index (κ1) is 12.9. The van der Waals surface area contributed by atoms with Crippen LogP contribution in [0.2, 0.25) is 0 Å². The van der Waals surface area contributed by atoms with Crippen molar-refractivity contribution in [1.82, 2.24) is 9.78 Å². The van der Waals surface area contributed by atoms with E-state index in [0.29, 0.717) is 11.3 Å². The van der Waals surface area contributed by atoms with Crippen LogP contribution in [0.15, 0.2) is 60.8 Å². The van der Waals surface area contributed by atoms with Crippen molar-refractivity contribution in [1.29, 1.82) is 0 Å². The van der Waals surface area contributed by atoms with Gasteiger partial charge in [-0.1, -0.05) is 30.3 Å². The normalized spacial score (nSPS) is 10.5. The second kappa shape index (κ2) is 5.09. The molecular formula is C15H11N3O3. The average Bonchev–Trinajstić information content (AvgIpc) is 2.93. The number of para-hydroxylation sites is 2. The highest BCUT2D eigenvalue weighted by molar-refractivity contribution is 5.76. The largest absolute Gasteiger partial charge is 0.507 e. The van der Waals surface area contributed by atoms with Gasteiger partial charge in [-0.3, -0.25) is 10.1 Å². The van der Waals surface area contributed by atoms with E-state index >= 15 is 0 Å². The lowest BCUT2D eigenvalue weighted by Gasteiger charge is -2.08. The molecule has 0 fully saturated rings. The van der Waals surface area contributed by atoms with E-state index in [1.165, 1.54) is 16.9 Å². The molecule has 0 aliphatic rings.